The second-order valence-electron chi connectivity index (χ2n) is 6.06. The zero-order chi connectivity index (χ0) is 16.2. The van der Waals surface area contributed by atoms with E-state index in [2.05, 4.69) is 5.32 Å². The van der Waals surface area contributed by atoms with Gasteiger partial charge in [0.1, 0.15) is 12.6 Å². The molecule has 6 nitrogen and oxygen atoms in total. The monoisotopic (exact) mass is 315 g/mol. The molecule has 4 amide bonds. The molecule has 1 unspecified atom stereocenters. The number of hydrogen-bond donors (Lipinski definition) is 1. The third-order valence-corrected chi connectivity index (χ3v) is 4.39. The fraction of sp³-hybridized carbons (Fsp3) is 0.471. The molecule has 2 heterocycles. The topological polar surface area (TPSA) is 69.7 Å². The Morgan fingerprint density at radius 2 is 1.78 bits per heavy atom. The number of urea groups is 1. The van der Waals surface area contributed by atoms with Crippen molar-refractivity contribution in [3.05, 3.63) is 35.9 Å². The number of likely N-dealkylation sites (tertiary alicyclic amines) is 1. The molecule has 2 saturated heterocycles. The van der Waals surface area contributed by atoms with Gasteiger partial charge in [0.05, 0.1) is 0 Å². The van der Waals surface area contributed by atoms with Gasteiger partial charge in [0.15, 0.2) is 0 Å². The number of amides is 4. The van der Waals surface area contributed by atoms with Gasteiger partial charge >= 0.3 is 6.03 Å². The fourth-order valence-electron chi connectivity index (χ4n) is 3.09. The van der Waals surface area contributed by atoms with Crippen LogP contribution in [0.2, 0.25) is 0 Å². The molecule has 1 atom stereocenters. The van der Waals surface area contributed by atoms with Crippen LogP contribution in [-0.2, 0) is 16.0 Å². The average molecular weight is 315 g/mol. The number of benzene rings is 1. The summed E-state index contributed by atoms with van der Waals surface area (Å²) >= 11 is 0. The van der Waals surface area contributed by atoms with Crippen molar-refractivity contribution in [1.82, 2.24) is 15.1 Å². The van der Waals surface area contributed by atoms with E-state index in [1.807, 2.05) is 30.3 Å². The van der Waals surface area contributed by atoms with Crippen LogP contribution in [-0.4, -0.2) is 53.3 Å². The van der Waals surface area contributed by atoms with Crippen molar-refractivity contribution < 1.29 is 14.4 Å². The highest BCUT2D eigenvalue weighted by atomic mass is 16.2. The Bertz CT molecular complexity index is 596. The molecule has 0 aliphatic carbocycles. The SMILES string of the molecule is O=C(CN1C(=O)NC(Cc2ccccc2)C1=O)N1CCCCC1. The number of imide groups is 1. The summed E-state index contributed by atoms with van der Waals surface area (Å²) in [7, 11) is 0. The van der Waals surface area contributed by atoms with Crippen molar-refractivity contribution in [2.75, 3.05) is 19.6 Å². The Balaban J connectivity index is 1.61. The summed E-state index contributed by atoms with van der Waals surface area (Å²) in [6.45, 7) is 1.28. The van der Waals surface area contributed by atoms with Gasteiger partial charge in [-0.15, -0.1) is 0 Å². The summed E-state index contributed by atoms with van der Waals surface area (Å²) in [6.07, 6.45) is 3.55. The summed E-state index contributed by atoms with van der Waals surface area (Å²) in [5.74, 6) is -0.460. The predicted octanol–water partition coefficient (Wildman–Crippen LogP) is 1.16. The lowest BCUT2D eigenvalue weighted by atomic mass is 10.1. The van der Waals surface area contributed by atoms with Crippen LogP contribution in [0.5, 0.6) is 0 Å². The first-order chi connectivity index (χ1) is 11.1. The molecule has 0 bridgehead atoms. The molecule has 6 heteroatoms. The predicted molar refractivity (Wildman–Crippen MR) is 84.6 cm³/mol. The van der Waals surface area contributed by atoms with Crippen molar-refractivity contribution in [2.24, 2.45) is 0 Å². The highest BCUT2D eigenvalue weighted by Crippen LogP contribution is 2.14. The van der Waals surface area contributed by atoms with Crippen molar-refractivity contribution >= 4 is 17.8 Å². The molecule has 1 N–H and O–H groups in total. The Morgan fingerprint density at radius 1 is 1.09 bits per heavy atom. The Labute approximate surface area is 135 Å². The van der Waals surface area contributed by atoms with E-state index in [1.54, 1.807) is 4.90 Å². The maximum atomic E-state index is 12.4. The minimum Gasteiger partial charge on any atom is -0.341 e. The second kappa shape index (κ2) is 6.81. The number of nitrogens with one attached hydrogen (secondary N) is 1. The van der Waals surface area contributed by atoms with Crippen LogP contribution in [0.1, 0.15) is 24.8 Å². The number of piperidine rings is 1. The van der Waals surface area contributed by atoms with Crippen molar-refractivity contribution in [3.8, 4) is 0 Å². The maximum absolute atomic E-state index is 12.4. The largest absolute Gasteiger partial charge is 0.341 e. The molecule has 1 aromatic carbocycles. The zero-order valence-corrected chi connectivity index (χ0v) is 13.0. The highest BCUT2D eigenvalue weighted by molar-refractivity contribution is 6.06. The number of nitrogens with zero attached hydrogens (tertiary/aromatic N) is 2. The first-order valence-electron chi connectivity index (χ1n) is 8.09. The first kappa shape index (κ1) is 15.5. The average Bonchev–Trinajstić information content (AvgIpc) is 2.84. The third kappa shape index (κ3) is 3.52. The summed E-state index contributed by atoms with van der Waals surface area (Å²) in [4.78, 5) is 39.5. The molecule has 122 valence electrons. The molecule has 23 heavy (non-hydrogen) atoms. The van der Waals surface area contributed by atoms with Gasteiger partial charge in [0.25, 0.3) is 5.91 Å². The minimum atomic E-state index is -0.584. The standard InChI is InChI=1S/C17H21N3O3/c21-15(19-9-5-2-6-10-19)12-20-16(22)14(18-17(20)23)11-13-7-3-1-4-8-13/h1,3-4,7-8,14H,2,5-6,9-12H2,(H,18,23). The molecular formula is C17H21N3O3. The number of carbonyl (C=O) groups is 3. The molecule has 2 aliphatic rings. The summed E-state index contributed by atoms with van der Waals surface area (Å²) in [5, 5.41) is 2.68. The molecule has 0 radical (unpaired) electrons. The van der Waals surface area contributed by atoms with Crippen LogP contribution >= 0.6 is 0 Å². The van der Waals surface area contributed by atoms with Gasteiger partial charge in [-0.2, -0.15) is 0 Å². The number of hydrogen-bond acceptors (Lipinski definition) is 3. The smallest absolute Gasteiger partial charge is 0.325 e. The number of rotatable bonds is 4. The van der Waals surface area contributed by atoms with E-state index in [0.717, 1.165) is 42.8 Å². The van der Waals surface area contributed by atoms with Gasteiger partial charge in [-0.05, 0) is 24.8 Å². The van der Waals surface area contributed by atoms with Crippen LogP contribution in [0.3, 0.4) is 0 Å². The Hall–Kier alpha value is -2.37. The van der Waals surface area contributed by atoms with Crippen molar-refractivity contribution in [2.45, 2.75) is 31.7 Å². The van der Waals surface area contributed by atoms with Crippen LogP contribution in [0.4, 0.5) is 4.79 Å². The summed E-state index contributed by atoms with van der Waals surface area (Å²) in [5.41, 5.74) is 0.982. The highest BCUT2D eigenvalue weighted by Gasteiger charge is 2.39. The van der Waals surface area contributed by atoms with E-state index in [-0.39, 0.29) is 18.4 Å². The van der Waals surface area contributed by atoms with E-state index in [4.69, 9.17) is 0 Å². The van der Waals surface area contributed by atoms with Crippen LogP contribution < -0.4 is 5.32 Å². The first-order valence-corrected chi connectivity index (χ1v) is 8.09. The summed E-state index contributed by atoms with van der Waals surface area (Å²) in [6, 6.07) is 8.48. The van der Waals surface area contributed by atoms with Crippen LogP contribution in [0.15, 0.2) is 30.3 Å². The van der Waals surface area contributed by atoms with E-state index in [1.165, 1.54) is 0 Å². The lowest BCUT2D eigenvalue weighted by molar-refractivity contribution is -0.137. The molecular weight excluding hydrogens is 294 g/mol. The van der Waals surface area contributed by atoms with E-state index < -0.39 is 12.1 Å². The maximum Gasteiger partial charge on any atom is 0.325 e. The lowest BCUT2D eigenvalue weighted by Gasteiger charge is -2.27. The van der Waals surface area contributed by atoms with Crippen LogP contribution in [0, 0.1) is 0 Å². The van der Waals surface area contributed by atoms with Gasteiger partial charge in [-0.25, -0.2) is 4.79 Å². The summed E-state index contributed by atoms with van der Waals surface area (Å²) < 4.78 is 0. The molecule has 0 aromatic heterocycles. The van der Waals surface area contributed by atoms with Crippen LogP contribution in [0.25, 0.3) is 0 Å². The van der Waals surface area contributed by atoms with E-state index >= 15 is 0 Å². The van der Waals surface area contributed by atoms with E-state index in [9.17, 15) is 14.4 Å². The normalized spacial score (nSPS) is 21.5. The molecule has 1 aromatic rings. The molecule has 3 rings (SSSR count). The molecule has 0 spiro atoms. The van der Waals surface area contributed by atoms with Gasteiger partial charge in [0.2, 0.25) is 5.91 Å². The fourth-order valence-corrected chi connectivity index (χ4v) is 3.09. The van der Waals surface area contributed by atoms with Gasteiger partial charge in [0, 0.05) is 19.5 Å². The lowest BCUT2D eigenvalue weighted by Crippen LogP contribution is -2.45. The van der Waals surface area contributed by atoms with Crippen molar-refractivity contribution in [1.29, 1.82) is 0 Å². The van der Waals surface area contributed by atoms with Crippen molar-refractivity contribution in [3.63, 3.8) is 0 Å². The molecule has 2 fully saturated rings. The Morgan fingerprint density at radius 3 is 2.48 bits per heavy atom. The third-order valence-electron chi connectivity index (χ3n) is 4.39. The Kier molecular flexibility index (Phi) is 4.60. The second-order valence-corrected chi connectivity index (χ2v) is 6.06. The van der Waals surface area contributed by atoms with Gasteiger partial charge in [-0.3, -0.25) is 14.5 Å². The molecule has 2 aliphatic heterocycles. The zero-order valence-electron chi connectivity index (χ0n) is 13.0. The van der Waals surface area contributed by atoms with E-state index in [0.29, 0.717) is 6.42 Å². The molecule has 0 saturated carbocycles. The van der Waals surface area contributed by atoms with Gasteiger partial charge in [-0.1, -0.05) is 30.3 Å². The van der Waals surface area contributed by atoms with Gasteiger partial charge < -0.3 is 10.2 Å². The quantitative estimate of drug-likeness (QED) is 0.848. The minimum absolute atomic E-state index is 0.145. The number of carbonyl (C=O) groups excluding carboxylic acids is 3.